The monoisotopic (exact) mass is 449 g/mol. The van der Waals surface area contributed by atoms with E-state index in [1.54, 1.807) is 11.1 Å². The predicted molar refractivity (Wildman–Crippen MR) is 125 cm³/mol. The second-order valence-corrected chi connectivity index (χ2v) is 8.58. The molecule has 7 nitrogen and oxygen atoms in total. The molecule has 0 N–H and O–H groups in total. The lowest BCUT2D eigenvalue weighted by Gasteiger charge is -2.34. The maximum absolute atomic E-state index is 12.7. The number of carbonyl (C=O) groups is 2. The summed E-state index contributed by atoms with van der Waals surface area (Å²) in [6.07, 6.45) is 3.22. The highest BCUT2D eigenvalue weighted by Gasteiger charge is 2.32. The summed E-state index contributed by atoms with van der Waals surface area (Å²) in [5.41, 5.74) is 4.31. The molecule has 1 aromatic carbocycles. The van der Waals surface area contributed by atoms with Crippen molar-refractivity contribution >= 4 is 17.6 Å². The van der Waals surface area contributed by atoms with E-state index in [0.717, 1.165) is 35.2 Å². The van der Waals surface area contributed by atoms with Gasteiger partial charge in [-0.25, -0.2) is 14.1 Å². The van der Waals surface area contributed by atoms with Gasteiger partial charge in [0, 0.05) is 30.9 Å². The summed E-state index contributed by atoms with van der Waals surface area (Å²) >= 11 is 0. The van der Waals surface area contributed by atoms with Crippen molar-refractivity contribution < 1.29 is 19.1 Å². The molecule has 1 atom stereocenters. The fraction of sp³-hybridized carbons (Fsp3) is 0.423. The van der Waals surface area contributed by atoms with Crippen LogP contribution in [0, 0.1) is 12.8 Å². The molecule has 0 saturated carbocycles. The number of esters is 1. The van der Waals surface area contributed by atoms with Crippen LogP contribution in [0.25, 0.3) is 5.52 Å². The molecule has 0 radical (unpaired) electrons. The summed E-state index contributed by atoms with van der Waals surface area (Å²) < 4.78 is 12.7. The number of amides is 1. The molecule has 0 bridgehead atoms. The topological polar surface area (TPSA) is 73.1 Å². The van der Waals surface area contributed by atoms with Gasteiger partial charge >= 0.3 is 12.1 Å². The van der Waals surface area contributed by atoms with Gasteiger partial charge in [0.05, 0.1) is 17.7 Å². The Kier molecular flexibility index (Phi) is 6.96. The predicted octanol–water partition coefficient (Wildman–Crippen LogP) is 4.97. The van der Waals surface area contributed by atoms with Gasteiger partial charge in [0.2, 0.25) is 0 Å². The summed E-state index contributed by atoms with van der Waals surface area (Å²) in [4.78, 5) is 27.0. The van der Waals surface area contributed by atoms with Crippen LogP contribution >= 0.6 is 0 Å². The lowest BCUT2D eigenvalue weighted by molar-refractivity contribution is 0.0527. The zero-order valence-electron chi connectivity index (χ0n) is 19.5. The highest BCUT2D eigenvalue weighted by Crippen LogP contribution is 2.37. The quantitative estimate of drug-likeness (QED) is 0.497. The van der Waals surface area contributed by atoms with Crippen molar-refractivity contribution in [1.82, 2.24) is 14.5 Å². The van der Waals surface area contributed by atoms with Crippen molar-refractivity contribution in [2.24, 2.45) is 5.92 Å². The van der Waals surface area contributed by atoms with Crippen molar-refractivity contribution in [2.45, 2.75) is 46.1 Å². The van der Waals surface area contributed by atoms with E-state index in [1.807, 2.05) is 60.8 Å². The molecule has 3 aromatic rings. The minimum Gasteiger partial charge on any atom is -0.462 e. The summed E-state index contributed by atoms with van der Waals surface area (Å²) in [5, 5.41) is 4.54. The number of hydrogen-bond acceptors (Lipinski definition) is 5. The van der Waals surface area contributed by atoms with E-state index in [9.17, 15) is 9.59 Å². The van der Waals surface area contributed by atoms with Crippen LogP contribution in [0.3, 0.4) is 0 Å². The van der Waals surface area contributed by atoms with E-state index >= 15 is 0 Å². The summed E-state index contributed by atoms with van der Waals surface area (Å²) in [7, 11) is 0. The number of fused-ring (bicyclic) bond motifs is 1. The molecule has 1 unspecified atom stereocenters. The molecule has 1 amide bonds. The number of likely N-dealkylation sites (tertiary alicyclic amines) is 1. The van der Waals surface area contributed by atoms with E-state index in [-0.39, 0.29) is 24.6 Å². The number of ether oxygens (including phenoxy) is 2. The fourth-order valence-electron chi connectivity index (χ4n) is 4.84. The number of carbonyl (C=O) groups excluding carboxylic acids is 2. The van der Waals surface area contributed by atoms with Gasteiger partial charge in [0.15, 0.2) is 0 Å². The lowest BCUT2D eigenvalue weighted by atomic mass is 9.82. The molecule has 33 heavy (non-hydrogen) atoms. The number of piperidine rings is 1. The molecular formula is C26H31N3O4. The maximum Gasteiger partial charge on any atom is 0.410 e. The third kappa shape index (κ3) is 4.72. The van der Waals surface area contributed by atoms with Crippen LogP contribution in [0.4, 0.5) is 4.79 Å². The van der Waals surface area contributed by atoms with Gasteiger partial charge in [-0.1, -0.05) is 37.3 Å². The van der Waals surface area contributed by atoms with Gasteiger partial charge in [-0.05, 0) is 55.9 Å². The highest BCUT2D eigenvalue weighted by molar-refractivity contribution is 5.99. The number of benzene rings is 1. The summed E-state index contributed by atoms with van der Waals surface area (Å²) in [5.74, 6) is 0.241. The van der Waals surface area contributed by atoms with Crippen LogP contribution in [-0.2, 0) is 16.1 Å². The first-order valence-electron chi connectivity index (χ1n) is 11.6. The minimum atomic E-state index is -0.310. The molecule has 174 valence electrons. The molecule has 1 fully saturated rings. The van der Waals surface area contributed by atoms with Crippen LogP contribution < -0.4 is 0 Å². The highest BCUT2D eigenvalue weighted by atomic mass is 16.6. The standard InChI is InChI=1S/C26H31N3O4/c1-4-32-25(30)23-19(3)24(29-22(23)11-8-14-27-29)18(2)21-12-15-28(16-13-21)26(31)33-17-20-9-6-5-7-10-20/h5-11,14,18,21H,4,12-13,15-17H2,1-3H3. The first-order chi connectivity index (χ1) is 16.0. The summed E-state index contributed by atoms with van der Waals surface area (Å²) in [6, 6.07) is 13.5. The van der Waals surface area contributed by atoms with E-state index in [1.165, 1.54) is 0 Å². The Hall–Kier alpha value is -3.35. The van der Waals surface area contributed by atoms with Crippen molar-refractivity contribution in [2.75, 3.05) is 19.7 Å². The number of nitrogens with zero attached hydrogens (tertiary/aromatic N) is 3. The Balaban J connectivity index is 1.44. The van der Waals surface area contributed by atoms with Crippen molar-refractivity contribution in [3.63, 3.8) is 0 Å². The van der Waals surface area contributed by atoms with Gasteiger partial charge in [-0.2, -0.15) is 5.10 Å². The van der Waals surface area contributed by atoms with Crippen LogP contribution in [0.5, 0.6) is 0 Å². The zero-order chi connectivity index (χ0) is 23.4. The summed E-state index contributed by atoms with van der Waals surface area (Å²) in [6.45, 7) is 7.90. The Morgan fingerprint density at radius 1 is 1.09 bits per heavy atom. The third-order valence-corrected chi connectivity index (χ3v) is 6.61. The molecule has 1 aliphatic rings. The van der Waals surface area contributed by atoms with E-state index in [4.69, 9.17) is 9.47 Å². The Labute approximate surface area is 194 Å². The van der Waals surface area contributed by atoms with Gasteiger partial charge in [-0.15, -0.1) is 0 Å². The Bertz CT molecular complexity index is 1120. The molecule has 7 heteroatoms. The van der Waals surface area contributed by atoms with Gasteiger partial charge in [-0.3, -0.25) is 0 Å². The molecule has 4 rings (SSSR count). The van der Waals surface area contributed by atoms with Crippen LogP contribution in [0.15, 0.2) is 48.7 Å². The SMILES string of the molecule is CCOC(=O)c1c(C)c(C(C)C2CCN(C(=O)OCc3ccccc3)CC2)n2ncccc12. The van der Waals surface area contributed by atoms with Gasteiger partial charge in [0.1, 0.15) is 6.61 Å². The lowest BCUT2D eigenvalue weighted by Crippen LogP contribution is -2.40. The van der Waals surface area contributed by atoms with Gasteiger partial charge < -0.3 is 14.4 Å². The third-order valence-electron chi connectivity index (χ3n) is 6.61. The number of aromatic nitrogens is 2. The molecule has 3 heterocycles. The van der Waals surface area contributed by atoms with E-state index < -0.39 is 0 Å². The smallest absolute Gasteiger partial charge is 0.410 e. The van der Waals surface area contributed by atoms with Crippen LogP contribution in [0.1, 0.15) is 59.8 Å². The van der Waals surface area contributed by atoms with Gasteiger partial charge in [0.25, 0.3) is 0 Å². The average Bonchev–Trinajstić information content (AvgIpc) is 3.14. The molecular weight excluding hydrogens is 418 g/mol. The second-order valence-electron chi connectivity index (χ2n) is 8.58. The molecule has 1 saturated heterocycles. The number of rotatable bonds is 6. The zero-order valence-corrected chi connectivity index (χ0v) is 19.5. The Morgan fingerprint density at radius 3 is 2.52 bits per heavy atom. The molecule has 0 spiro atoms. The molecule has 1 aliphatic heterocycles. The van der Waals surface area contributed by atoms with Crippen molar-refractivity contribution in [3.05, 3.63) is 71.0 Å². The van der Waals surface area contributed by atoms with Crippen LogP contribution in [-0.4, -0.2) is 46.3 Å². The second kappa shape index (κ2) is 10.1. The van der Waals surface area contributed by atoms with Crippen LogP contribution in [0.2, 0.25) is 0 Å². The maximum atomic E-state index is 12.7. The molecule has 2 aromatic heterocycles. The van der Waals surface area contributed by atoms with E-state index in [2.05, 4.69) is 12.0 Å². The first kappa shape index (κ1) is 22.8. The normalized spacial score (nSPS) is 15.4. The fourth-order valence-corrected chi connectivity index (χ4v) is 4.84. The Morgan fingerprint density at radius 2 is 1.82 bits per heavy atom. The van der Waals surface area contributed by atoms with E-state index in [0.29, 0.717) is 31.2 Å². The van der Waals surface area contributed by atoms with Crippen molar-refractivity contribution in [1.29, 1.82) is 0 Å². The number of hydrogen-bond donors (Lipinski definition) is 0. The first-order valence-corrected chi connectivity index (χ1v) is 11.6. The molecule has 0 aliphatic carbocycles. The minimum absolute atomic E-state index is 0.179. The van der Waals surface area contributed by atoms with Crippen molar-refractivity contribution in [3.8, 4) is 0 Å². The largest absolute Gasteiger partial charge is 0.462 e. The average molecular weight is 450 g/mol.